The molecule has 0 saturated carbocycles. The van der Waals surface area contributed by atoms with Gasteiger partial charge in [-0.1, -0.05) is 6.07 Å². The van der Waals surface area contributed by atoms with E-state index in [1.54, 1.807) is 28.7 Å². The van der Waals surface area contributed by atoms with Gasteiger partial charge in [0.05, 0.1) is 17.0 Å². The molecule has 0 unspecified atom stereocenters. The summed E-state index contributed by atoms with van der Waals surface area (Å²) in [5, 5.41) is 12.7. The Morgan fingerprint density at radius 1 is 1.03 bits per heavy atom. The maximum Gasteiger partial charge on any atom is 0.243 e. The van der Waals surface area contributed by atoms with E-state index in [4.69, 9.17) is 0 Å². The second-order valence-corrected chi connectivity index (χ2v) is 9.21. The van der Waals surface area contributed by atoms with Gasteiger partial charge < -0.3 is 9.88 Å². The Morgan fingerprint density at radius 3 is 2.69 bits per heavy atom. The molecule has 0 bridgehead atoms. The van der Waals surface area contributed by atoms with E-state index in [9.17, 15) is 8.42 Å². The first-order valence-corrected chi connectivity index (χ1v) is 11.1. The zero-order valence-electron chi connectivity index (χ0n) is 15.9. The molecular formula is C19H23ClN6O2S. The maximum atomic E-state index is 13.3. The third kappa shape index (κ3) is 3.52. The quantitative estimate of drug-likeness (QED) is 0.677. The van der Waals surface area contributed by atoms with Crippen molar-refractivity contribution in [3.05, 3.63) is 48.2 Å². The zero-order valence-corrected chi connectivity index (χ0v) is 17.5. The molecule has 2 aliphatic heterocycles. The Hall–Kier alpha value is -2.07. The van der Waals surface area contributed by atoms with Crippen LogP contribution in [0.15, 0.2) is 41.4 Å². The average molecular weight is 435 g/mol. The fraction of sp³-hybridized carbons (Fsp3) is 0.421. The van der Waals surface area contributed by atoms with E-state index < -0.39 is 10.0 Å². The number of hydrogen-bond donors (Lipinski definition) is 1. The third-order valence-corrected chi connectivity index (χ3v) is 7.65. The number of piperidine rings is 1. The molecule has 4 heterocycles. The molecule has 1 saturated heterocycles. The summed E-state index contributed by atoms with van der Waals surface area (Å²) in [7, 11) is -3.56. The van der Waals surface area contributed by atoms with Gasteiger partial charge in [0.15, 0.2) is 0 Å². The van der Waals surface area contributed by atoms with Crippen LogP contribution in [0.4, 0.5) is 0 Å². The molecule has 10 heteroatoms. The summed E-state index contributed by atoms with van der Waals surface area (Å²) in [5.41, 5.74) is 0.696. The van der Waals surface area contributed by atoms with Crippen LogP contribution in [0.3, 0.4) is 0 Å². The van der Waals surface area contributed by atoms with Gasteiger partial charge in [0.25, 0.3) is 0 Å². The van der Waals surface area contributed by atoms with Crippen molar-refractivity contribution in [2.24, 2.45) is 0 Å². The van der Waals surface area contributed by atoms with Crippen molar-refractivity contribution < 1.29 is 8.42 Å². The van der Waals surface area contributed by atoms with Crippen molar-refractivity contribution in [1.82, 2.24) is 29.4 Å². The number of fused-ring (bicyclic) bond motifs is 2. The van der Waals surface area contributed by atoms with Crippen molar-refractivity contribution in [2.45, 2.75) is 36.7 Å². The first-order chi connectivity index (χ1) is 13.6. The Bertz CT molecular complexity index is 1120. The number of halogens is 1. The second kappa shape index (κ2) is 7.98. The molecule has 2 aliphatic rings. The van der Waals surface area contributed by atoms with Crippen LogP contribution in [-0.2, 0) is 23.1 Å². The predicted molar refractivity (Wildman–Crippen MR) is 111 cm³/mol. The first-order valence-electron chi connectivity index (χ1n) is 9.61. The molecule has 1 N–H and O–H groups in total. The van der Waals surface area contributed by atoms with Crippen molar-refractivity contribution >= 4 is 33.3 Å². The van der Waals surface area contributed by atoms with Crippen LogP contribution in [0.2, 0.25) is 0 Å². The molecule has 5 rings (SSSR count). The molecular weight excluding hydrogens is 412 g/mol. The molecule has 154 valence electrons. The first kappa shape index (κ1) is 20.2. The minimum absolute atomic E-state index is 0. The highest BCUT2D eigenvalue weighted by Crippen LogP contribution is 2.32. The number of benzene rings is 1. The lowest BCUT2D eigenvalue weighted by Gasteiger charge is -2.31. The van der Waals surface area contributed by atoms with Crippen LogP contribution < -0.4 is 5.32 Å². The lowest BCUT2D eigenvalue weighted by atomic mass is 9.97. The summed E-state index contributed by atoms with van der Waals surface area (Å²) in [4.78, 5) is 4.62. The number of aromatic nitrogens is 4. The Labute approximate surface area is 175 Å². The maximum absolute atomic E-state index is 13.3. The van der Waals surface area contributed by atoms with Gasteiger partial charge in [-0.3, -0.25) is 4.98 Å². The van der Waals surface area contributed by atoms with Crippen molar-refractivity contribution in [1.29, 1.82) is 0 Å². The van der Waals surface area contributed by atoms with Crippen molar-refractivity contribution in [3.63, 3.8) is 0 Å². The molecule has 0 radical (unpaired) electrons. The number of sulfonamides is 1. The van der Waals surface area contributed by atoms with E-state index >= 15 is 0 Å². The molecule has 2 aromatic heterocycles. The highest BCUT2D eigenvalue weighted by molar-refractivity contribution is 7.89. The minimum atomic E-state index is -3.56. The normalized spacial score (nSPS) is 18.3. The third-order valence-electron chi connectivity index (χ3n) is 5.69. The summed E-state index contributed by atoms with van der Waals surface area (Å²) in [5.74, 6) is 2.22. The van der Waals surface area contributed by atoms with Crippen LogP contribution in [0.5, 0.6) is 0 Å². The van der Waals surface area contributed by atoms with Gasteiger partial charge in [0, 0.05) is 43.7 Å². The number of nitrogens with one attached hydrogen (secondary N) is 1. The highest BCUT2D eigenvalue weighted by atomic mass is 35.5. The van der Waals surface area contributed by atoms with Gasteiger partial charge in [-0.05, 0) is 37.1 Å². The van der Waals surface area contributed by atoms with E-state index in [2.05, 4.69) is 25.1 Å². The van der Waals surface area contributed by atoms with E-state index in [-0.39, 0.29) is 18.3 Å². The standard InChI is InChI=1S/C19H22N6O2S.ClH/c26-28(27,17-5-1-4-16-15(17)3-2-8-21-16)24-10-6-14(7-11-24)19-23-22-18-13-20-9-12-25(18)19;/h1-5,8,14,20H,6-7,9-13H2;1H. The Balaban J connectivity index is 0.00000205. The van der Waals surface area contributed by atoms with Gasteiger partial charge in [-0.25, -0.2) is 8.42 Å². The van der Waals surface area contributed by atoms with Crippen LogP contribution in [-0.4, -0.2) is 52.1 Å². The lowest BCUT2D eigenvalue weighted by Crippen LogP contribution is -2.39. The van der Waals surface area contributed by atoms with Gasteiger partial charge >= 0.3 is 0 Å². The molecule has 1 aromatic carbocycles. The lowest BCUT2D eigenvalue weighted by molar-refractivity contribution is 0.307. The molecule has 8 nitrogen and oxygen atoms in total. The zero-order chi connectivity index (χ0) is 19.1. The van der Waals surface area contributed by atoms with Gasteiger partial charge in [-0.2, -0.15) is 4.31 Å². The summed E-state index contributed by atoms with van der Waals surface area (Å²) < 4.78 is 30.4. The fourth-order valence-electron chi connectivity index (χ4n) is 4.21. The van der Waals surface area contributed by atoms with Gasteiger partial charge in [0.1, 0.15) is 11.6 Å². The number of pyridine rings is 1. The van der Waals surface area contributed by atoms with E-state index in [1.807, 2.05) is 12.1 Å². The molecule has 29 heavy (non-hydrogen) atoms. The van der Waals surface area contributed by atoms with Gasteiger partial charge in [-0.15, -0.1) is 22.6 Å². The summed E-state index contributed by atoms with van der Waals surface area (Å²) in [6.07, 6.45) is 3.20. The van der Waals surface area contributed by atoms with Crippen LogP contribution in [0.1, 0.15) is 30.4 Å². The molecule has 0 amide bonds. The van der Waals surface area contributed by atoms with Crippen LogP contribution in [0, 0.1) is 0 Å². The van der Waals surface area contributed by atoms with E-state index in [0.717, 1.165) is 44.1 Å². The van der Waals surface area contributed by atoms with Crippen LogP contribution >= 0.6 is 12.4 Å². The minimum Gasteiger partial charge on any atom is -0.312 e. The van der Waals surface area contributed by atoms with Crippen molar-refractivity contribution in [3.8, 4) is 0 Å². The van der Waals surface area contributed by atoms with Crippen LogP contribution in [0.25, 0.3) is 10.9 Å². The van der Waals surface area contributed by atoms with E-state index in [1.165, 1.54) is 0 Å². The largest absolute Gasteiger partial charge is 0.312 e. The number of hydrogen-bond acceptors (Lipinski definition) is 6. The van der Waals surface area contributed by atoms with E-state index in [0.29, 0.717) is 28.9 Å². The monoisotopic (exact) mass is 434 g/mol. The van der Waals surface area contributed by atoms with Crippen molar-refractivity contribution in [2.75, 3.05) is 19.6 Å². The summed E-state index contributed by atoms with van der Waals surface area (Å²) in [6, 6.07) is 8.86. The fourth-order valence-corrected chi connectivity index (χ4v) is 5.88. The SMILES string of the molecule is Cl.O=S(=O)(c1cccc2ncccc12)N1CCC(c2nnc3n2CCNC3)CC1. The summed E-state index contributed by atoms with van der Waals surface area (Å²) in [6.45, 7) is 3.52. The topological polar surface area (TPSA) is 93.0 Å². The second-order valence-electron chi connectivity index (χ2n) is 7.31. The Morgan fingerprint density at radius 2 is 1.86 bits per heavy atom. The molecule has 0 spiro atoms. The highest BCUT2D eigenvalue weighted by Gasteiger charge is 2.33. The number of rotatable bonds is 3. The van der Waals surface area contributed by atoms with Gasteiger partial charge in [0.2, 0.25) is 10.0 Å². The Kier molecular flexibility index (Phi) is 5.56. The molecule has 0 aliphatic carbocycles. The molecule has 1 fully saturated rings. The molecule has 3 aromatic rings. The smallest absolute Gasteiger partial charge is 0.243 e. The average Bonchev–Trinajstić information content (AvgIpc) is 3.17. The number of nitrogens with zero attached hydrogens (tertiary/aromatic N) is 5. The summed E-state index contributed by atoms with van der Waals surface area (Å²) >= 11 is 0. The predicted octanol–water partition coefficient (Wildman–Crippen LogP) is 1.92. The molecule has 0 atom stereocenters.